The van der Waals surface area contributed by atoms with Gasteiger partial charge in [-0.2, -0.15) is 0 Å². The number of para-hydroxylation sites is 2. The summed E-state index contributed by atoms with van der Waals surface area (Å²) in [6.07, 6.45) is 0. The summed E-state index contributed by atoms with van der Waals surface area (Å²) in [4.78, 5) is 13.0. The number of nitrogens with one attached hydrogen (secondary N) is 1. The minimum absolute atomic E-state index is 0.0968. The molecule has 0 bridgehead atoms. The standard InChI is InChI=1S/C23H23IN2O4S/c1-3-30-22-12-8-7-11-21(22)26(31(28,29)19-9-5-4-6-10-19)16-23(27)25-20-14-13-18(24)15-17(20)2/h4-15H,3,16H2,1-2H3,(H,25,27). The first kappa shape index (κ1) is 23.1. The fraction of sp³-hybridized carbons (Fsp3) is 0.174. The molecule has 3 rings (SSSR count). The zero-order valence-electron chi connectivity index (χ0n) is 17.2. The molecule has 162 valence electrons. The number of carbonyl (C=O) groups excluding carboxylic acids is 1. The van der Waals surface area contributed by atoms with Crippen LogP contribution in [0.15, 0.2) is 77.7 Å². The first-order valence-corrected chi connectivity index (χ1v) is 12.2. The predicted molar refractivity (Wildman–Crippen MR) is 131 cm³/mol. The van der Waals surface area contributed by atoms with Crippen LogP contribution in [0.3, 0.4) is 0 Å². The molecule has 8 heteroatoms. The Kier molecular flexibility index (Phi) is 7.55. The van der Waals surface area contributed by atoms with Gasteiger partial charge in [0.2, 0.25) is 5.91 Å². The van der Waals surface area contributed by atoms with E-state index in [-0.39, 0.29) is 4.90 Å². The second-order valence-electron chi connectivity index (χ2n) is 6.73. The van der Waals surface area contributed by atoms with Gasteiger partial charge in [-0.1, -0.05) is 30.3 Å². The largest absolute Gasteiger partial charge is 0.492 e. The number of sulfonamides is 1. The van der Waals surface area contributed by atoms with Crippen molar-refractivity contribution in [2.24, 2.45) is 0 Å². The molecule has 0 saturated carbocycles. The summed E-state index contributed by atoms with van der Waals surface area (Å²) in [6, 6.07) is 20.5. The summed E-state index contributed by atoms with van der Waals surface area (Å²) in [7, 11) is -4.01. The van der Waals surface area contributed by atoms with Gasteiger partial charge in [0.15, 0.2) is 0 Å². The molecule has 3 aromatic rings. The van der Waals surface area contributed by atoms with E-state index in [0.29, 0.717) is 23.7 Å². The number of carbonyl (C=O) groups is 1. The number of anilines is 2. The molecule has 3 aromatic carbocycles. The maximum Gasteiger partial charge on any atom is 0.264 e. The summed E-state index contributed by atoms with van der Waals surface area (Å²) in [5, 5.41) is 2.82. The normalized spacial score (nSPS) is 11.1. The predicted octanol–water partition coefficient (Wildman–Crippen LogP) is 4.83. The zero-order chi connectivity index (χ0) is 22.4. The Balaban J connectivity index is 1.99. The quantitative estimate of drug-likeness (QED) is 0.408. The minimum Gasteiger partial charge on any atom is -0.492 e. The van der Waals surface area contributed by atoms with Crippen molar-refractivity contribution in [3.05, 3.63) is 81.9 Å². The molecule has 0 aliphatic heterocycles. The molecule has 0 aliphatic carbocycles. The van der Waals surface area contributed by atoms with Crippen LogP contribution in [0.1, 0.15) is 12.5 Å². The van der Waals surface area contributed by atoms with Crippen LogP contribution in [0.25, 0.3) is 0 Å². The summed E-state index contributed by atoms with van der Waals surface area (Å²) >= 11 is 2.20. The molecule has 0 unspecified atom stereocenters. The lowest BCUT2D eigenvalue weighted by Crippen LogP contribution is -2.38. The number of hydrogen-bond donors (Lipinski definition) is 1. The molecular formula is C23H23IN2O4S. The molecule has 0 aliphatic rings. The van der Waals surface area contributed by atoms with Gasteiger partial charge in [-0.15, -0.1) is 0 Å². The van der Waals surface area contributed by atoms with E-state index in [1.165, 1.54) is 12.1 Å². The van der Waals surface area contributed by atoms with Crippen molar-refractivity contribution in [3.8, 4) is 5.75 Å². The lowest BCUT2D eigenvalue weighted by Gasteiger charge is -2.26. The highest BCUT2D eigenvalue weighted by Gasteiger charge is 2.29. The van der Waals surface area contributed by atoms with E-state index < -0.39 is 22.5 Å². The van der Waals surface area contributed by atoms with Gasteiger partial charge in [0.25, 0.3) is 10.0 Å². The smallest absolute Gasteiger partial charge is 0.264 e. The van der Waals surface area contributed by atoms with E-state index in [1.54, 1.807) is 48.5 Å². The van der Waals surface area contributed by atoms with Crippen LogP contribution in [-0.2, 0) is 14.8 Å². The highest BCUT2D eigenvalue weighted by Crippen LogP contribution is 2.32. The second-order valence-corrected chi connectivity index (χ2v) is 9.84. The van der Waals surface area contributed by atoms with Gasteiger partial charge in [0, 0.05) is 9.26 Å². The van der Waals surface area contributed by atoms with Crippen molar-refractivity contribution in [3.63, 3.8) is 0 Å². The first-order valence-electron chi connectivity index (χ1n) is 9.68. The van der Waals surface area contributed by atoms with Gasteiger partial charge in [0.05, 0.1) is 17.2 Å². The molecule has 31 heavy (non-hydrogen) atoms. The molecule has 0 heterocycles. The second kappa shape index (κ2) is 10.1. The highest BCUT2D eigenvalue weighted by molar-refractivity contribution is 14.1. The number of benzene rings is 3. The van der Waals surface area contributed by atoms with Gasteiger partial charge in [-0.05, 0) is 84.5 Å². The van der Waals surface area contributed by atoms with Crippen molar-refractivity contribution in [1.29, 1.82) is 0 Å². The van der Waals surface area contributed by atoms with Crippen LogP contribution in [0.4, 0.5) is 11.4 Å². The molecule has 0 aromatic heterocycles. The Labute approximate surface area is 196 Å². The van der Waals surface area contributed by atoms with Gasteiger partial charge in [-0.3, -0.25) is 9.10 Å². The molecule has 1 N–H and O–H groups in total. The third kappa shape index (κ3) is 5.56. The van der Waals surface area contributed by atoms with E-state index in [4.69, 9.17) is 4.74 Å². The maximum absolute atomic E-state index is 13.5. The Morgan fingerprint density at radius 2 is 1.71 bits per heavy atom. The number of rotatable bonds is 8. The summed E-state index contributed by atoms with van der Waals surface area (Å²) in [5.41, 5.74) is 1.84. The molecule has 0 saturated heterocycles. The van der Waals surface area contributed by atoms with E-state index >= 15 is 0 Å². The molecule has 1 amide bonds. The van der Waals surface area contributed by atoms with Crippen LogP contribution in [0.5, 0.6) is 5.75 Å². The minimum atomic E-state index is -4.01. The van der Waals surface area contributed by atoms with E-state index in [9.17, 15) is 13.2 Å². The first-order chi connectivity index (χ1) is 14.8. The highest BCUT2D eigenvalue weighted by atomic mass is 127. The third-order valence-corrected chi connectivity index (χ3v) is 6.96. The van der Waals surface area contributed by atoms with Crippen LogP contribution < -0.4 is 14.4 Å². The molecule has 0 fully saturated rings. The molecule has 0 atom stereocenters. The number of ether oxygens (including phenoxy) is 1. The van der Waals surface area contributed by atoms with Crippen molar-refractivity contribution in [2.45, 2.75) is 18.7 Å². The zero-order valence-corrected chi connectivity index (χ0v) is 20.2. The van der Waals surface area contributed by atoms with Gasteiger partial charge < -0.3 is 10.1 Å². The number of halogens is 1. The van der Waals surface area contributed by atoms with Crippen molar-refractivity contribution in [2.75, 3.05) is 22.8 Å². The van der Waals surface area contributed by atoms with Crippen LogP contribution in [0, 0.1) is 10.5 Å². The molecule has 0 spiro atoms. The van der Waals surface area contributed by atoms with Crippen molar-refractivity contribution >= 4 is 49.9 Å². The van der Waals surface area contributed by atoms with Gasteiger partial charge >= 0.3 is 0 Å². The van der Waals surface area contributed by atoms with E-state index in [1.807, 2.05) is 26.0 Å². The lowest BCUT2D eigenvalue weighted by atomic mass is 10.2. The lowest BCUT2D eigenvalue weighted by molar-refractivity contribution is -0.114. The van der Waals surface area contributed by atoms with Crippen molar-refractivity contribution in [1.82, 2.24) is 0 Å². The van der Waals surface area contributed by atoms with E-state index in [0.717, 1.165) is 13.4 Å². The summed E-state index contributed by atoms with van der Waals surface area (Å²) in [5.74, 6) is -0.0575. The van der Waals surface area contributed by atoms with Crippen molar-refractivity contribution < 1.29 is 17.9 Å². The number of hydrogen-bond acceptors (Lipinski definition) is 4. The average molecular weight is 550 g/mol. The van der Waals surface area contributed by atoms with Crippen LogP contribution >= 0.6 is 22.6 Å². The average Bonchev–Trinajstić information content (AvgIpc) is 2.75. The number of nitrogens with zero attached hydrogens (tertiary/aromatic N) is 1. The molecule has 6 nitrogen and oxygen atoms in total. The monoisotopic (exact) mass is 550 g/mol. The Morgan fingerprint density at radius 1 is 1.03 bits per heavy atom. The topological polar surface area (TPSA) is 75.7 Å². The van der Waals surface area contributed by atoms with Gasteiger partial charge in [-0.25, -0.2) is 8.42 Å². The van der Waals surface area contributed by atoms with Crippen LogP contribution in [0.2, 0.25) is 0 Å². The number of aryl methyl sites for hydroxylation is 1. The molecule has 0 radical (unpaired) electrons. The van der Waals surface area contributed by atoms with E-state index in [2.05, 4.69) is 27.9 Å². The third-order valence-electron chi connectivity index (χ3n) is 4.51. The Hall–Kier alpha value is -2.59. The fourth-order valence-corrected chi connectivity index (χ4v) is 5.15. The molecular weight excluding hydrogens is 527 g/mol. The summed E-state index contributed by atoms with van der Waals surface area (Å²) < 4.78 is 34.7. The Bertz CT molecular complexity index is 1170. The Morgan fingerprint density at radius 3 is 2.39 bits per heavy atom. The number of amides is 1. The fourth-order valence-electron chi connectivity index (χ4n) is 3.05. The SMILES string of the molecule is CCOc1ccccc1N(CC(=O)Nc1ccc(I)cc1C)S(=O)(=O)c1ccccc1. The maximum atomic E-state index is 13.5. The van der Waals surface area contributed by atoms with Crippen LogP contribution in [-0.4, -0.2) is 27.5 Å². The van der Waals surface area contributed by atoms with Gasteiger partial charge in [0.1, 0.15) is 12.3 Å². The summed E-state index contributed by atoms with van der Waals surface area (Å²) in [6.45, 7) is 3.68.